The summed E-state index contributed by atoms with van der Waals surface area (Å²) in [5, 5.41) is 4.84. The van der Waals surface area contributed by atoms with Crippen LogP contribution in [0.25, 0.3) is 0 Å². The van der Waals surface area contributed by atoms with Gasteiger partial charge in [-0.25, -0.2) is 9.18 Å². The fraction of sp³-hybridized carbons (Fsp3) is 0.478. The van der Waals surface area contributed by atoms with Gasteiger partial charge in [-0.1, -0.05) is 6.92 Å². The fourth-order valence-electron chi connectivity index (χ4n) is 3.72. The molecule has 1 aliphatic rings. The van der Waals surface area contributed by atoms with Crippen LogP contribution >= 0.6 is 11.3 Å². The van der Waals surface area contributed by atoms with E-state index in [9.17, 15) is 14.0 Å². The zero-order chi connectivity index (χ0) is 22.4. The monoisotopic (exact) mass is 447 g/mol. The first-order valence-corrected chi connectivity index (χ1v) is 11.6. The normalized spacial score (nSPS) is 16.4. The Hall–Kier alpha value is -2.61. The lowest BCUT2D eigenvalue weighted by Crippen LogP contribution is -2.52. The topological polar surface area (TPSA) is 61.9 Å². The Morgan fingerprint density at radius 3 is 2.71 bits per heavy atom. The highest BCUT2D eigenvalue weighted by Gasteiger charge is 2.34. The Morgan fingerprint density at radius 1 is 1.29 bits per heavy atom. The number of hydrogen-bond donors (Lipinski definition) is 1. The second-order valence-corrected chi connectivity index (χ2v) is 8.64. The van der Waals surface area contributed by atoms with Crippen LogP contribution < -0.4 is 10.1 Å². The first-order valence-electron chi connectivity index (χ1n) is 10.7. The van der Waals surface area contributed by atoms with Gasteiger partial charge >= 0.3 is 6.03 Å². The van der Waals surface area contributed by atoms with E-state index in [-0.39, 0.29) is 43.0 Å². The van der Waals surface area contributed by atoms with Crippen LogP contribution in [-0.4, -0.2) is 54.0 Å². The molecule has 1 aliphatic heterocycles. The van der Waals surface area contributed by atoms with Crippen LogP contribution in [0.15, 0.2) is 35.7 Å². The molecule has 2 heterocycles. The summed E-state index contributed by atoms with van der Waals surface area (Å²) in [7, 11) is 0. The zero-order valence-electron chi connectivity index (χ0n) is 18.3. The molecule has 168 valence electrons. The average Bonchev–Trinajstić information content (AvgIpc) is 3.25. The maximum absolute atomic E-state index is 13.3. The SMILES string of the molecule is CCNC(=O)N(CC(=O)N1CCc2sccc2[C@@H]1COc1ccc(F)cc1)[C@H](C)CC. The van der Waals surface area contributed by atoms with E-state index < -0.39 is 0 Å². The van der Waals surface area contributed by atoms with Gasteiger partial charge in [0.1, 0.15) is 24.7 Å². The van der Waals surface area contributed by atoms with Crippen LogP contribution in [0.4, 0.5) is 9.18 Å². The van der Waals surface area contributed by atoms with E-state index in [1.54, 1.807) is 28.4 Å². The maximum Gasteiger partial charge on any atom is 0.318 e. The Bertz CT molecular complexity index is 886. The largest absolute Gasteiger partial charge is 0.491 e. The van der Waals surface area contributed by atoms with Gasteiger partial charge in [0.2, 0.25) is 5.91 Å². The summed E-state index contributed by atoms with van der Waals surface area (Å²) in [6.07, 6.45) is 1.55. The van der Waals surface area contributed by atoms with Crippen LogP contribution in [0, 0.1) is 5.82 Å². The molecule has 6 nitrogen and oxygen atoms in total. The molecule has 0 saturated heterocycles. The smallest absolute Gasteiger partial charge is 0.318 e. The van der Waals surface area contributed by atoms with Crippen LogP contribution in [0.3, 0.4) is 0 Å². The minimum atomic E-state index is -0.322. The van der Waals surface area contributed by atoms with Gasteiger partial charge in [0.05, 0.1) is 6.04 Å². The molecule has 2 aromatic rings. The summed E-state index contributed by atoms with van der Waals surface area (Å²) in [4.78, 5) is 30.5. The van der Waals surface area contributed by atoms with Crippen molar-refractivity contribution in [2.75, 3.05) is 26.2 Å². The first-order chi connectivity index (χ1) is 14.9. The summed E-state index contributed by atoms with van der Waals surface area (Å²) < 4.78 is 19.1. The van der Waals surface area contributed by atoms with Crippen LogP contribution in [0.1, 0.15) is 43.7 Å². The molecule has 1 N–H and O–H groups in total. The fourth-order valence-corrected chi connectivity index (χ4v) is 4.65. The molecular formula is C23H30FN3O3S. The highest BCUT2D eigenvalue weighted by atomic mass is 32.1. The summed E-state index contributed by atoms with van der Waals surface area (Å²) in [5.74, 6) is 0.133. The van der Waals surface area contributed by atoms with Gasteiger partial charge in [-0.3, -0.25) is 4.79 Å². The zero-order valence-corrected chi connectivity index (χ0v) is 19.1. The van der Waals surface area contributed by atoms with Crippen molar-refractivity contribution < 1.29 is 18.7 Å². The van der Waals surface area contributed by atoms with E-state index in [0.717, 1.165) is 18.4 Å². The molecule has 8 heteroatoms. The third-order valence-electron chi connectivity index (χ3n) is 5.65. The van der Waals surface area contributed by atoms with Gasteiger partial charge in [-0.2, -0.15) is 0 Å². The van der Waals surface area contributed by atoms with E-state index in [1.807, 2.05) is 37.1 Å². The third-order valence-corrected chi connectivity index (χ3v) is 6.65. The summed E-state index contributed by atoms with van der Waals surface area (Å²) in [6, 6.07) is 7.38. The third kappa shape index (κ3) is 5.55. The van der Waals surface area contributed by atoms with Crippen molar-refractivity contribution in [1.29, 1.82) is 0 Å². The molecule has 0 aliphatic carbocycles. The number of amides is 3. The van der Waals surface area contributed by atoms with E-state index >= 15 is 0 Å². The second kappa shape index (κ2) is 10.6. The second-order valence-electron chi connectivity index (χ2n) is 7.64. The minimum absolute atomic E-state index is 0.0212. The number of nitrogens with one attached hydrogen (secondary N) is 1. The molecule has 1 aromatic carbocycles. The highest BCUT2D eigenvalue weighted by molar-refractivity contribution is 7.10. The van der Waals surface area contributed by atoms with E-state index in [4.69, 9.17) is 4.74 Å². The number of benzene rings is 1. The molecule has 0 radical (unpaired) electrons. The molecule has 0 unspecified atom stereocenters. The standard InChI is InChI=1S/C23H30FN3O3S/c1-4-16(3)27(23(29)25-5-2)14-22(28)26-12-10-21-19(11-13-31-21)20(26)15-30-18-8-6-17(24)7-9-18/h6-9,11,13,16,20H,4-5,10,12,14-15H2,1-3H3,(H,25,29)/t16-,20+/m1/s1. The van der Waals surface area contributed by atoms with Crippen molar-refractivity contribution in [2.45, 2.75) is 45.7 Å². The summed E-state index contributed by atoms with van der Waals surface area (Å²) >= 11 is 1.68. The van der Waals surface area contributed by atoms with Gasteiger partial charge in [-0.05, 0) is 68.0 Å². The number of thiophene rings is 1. The summed E-state index contributed by atoms with van der Waals surface area (Å²) in [6.45, 7) is 7.19. The molecule has 0 spiro atoms. The quantitative estimate of drug-likeness (QED) is 0.659. The van der Waals surface area contributed by atoms with Gasteiger partial charge in [0, 0.05) is 24.0 Å². The van der Waals surface area contributed by atoms with E-state index in [1.165, 1.54) is 17.0 Å². The molecule has 0 fully saturated rings. The van der Waals surface area contributed by atoms with Crippen LogP contribution in [0.5, 0.6) is 5.75 Å². The van der Waals surface area contributed by atoms with Gasteiger partial charge < -0.3 is 19.9 Å². The number of halogens is 1. The average molecular weight is 448 g/mol. The van der Waals surface area contributed by atoms with Crippen molar-refractivity contribution in [3.05, 3.63) is 52.0 Å². The lowest BCUT2D eigenvalue weighted by atomic mass is 10.00. The molecular weight excluding hydrogens is 417 g/mol. The number of carbonyl (C=O) groups is 2. The molecule has 31 heavy (non-hydrogen) atoms. The van der Waals surface area contributed by atoms with E-state index in [0.29, 0.717) is 18.8 Å². The van der Waals surface area contributed by atoms with Crippen LogP contribution in [-0.2, 0) is 11.2 Å². The highest BCUT2D eigenvalue weighted by Crippen LogP contribution is 2.34. The molecule has 3 amide bonds. The number of carbonyl (C=O) groups excluding carboxylic acids is 2. The Morgan fingerprint density at radius 2 is 2.03 bits per heavy atom. The molecule has 1 aromatic heterocycles. The number of fused-ring (bicyclic) bond motifs is 1. The van der Waals surface area contributed by atoms with Crippen molar-refractivity contribution in [3.8, 4) is 5.75 Å². The number of nitrogens with zero attached hydrogens (tertiary/aromatic N) is 2. The van der Waals surface area contributed by atoms with Crippen molar-refractivity contribution in [3.63, 3.8) is 0 Å². The van der Waals surface area contributed by atoms with Gasteiger partial charge in [0.15, 0.2) is 0 Å². The van der Waals surface area contributed by atoms with Gasteiger partial charge in [0.25, 0.3) is 0 Å². The number of urea groups is 1. The lowest BCUT2D eigenvalue weighted by molar-refractivity contribution is -0.135. The first kappa shape index (κ1) is 23.1. The predicted molar refractivity (Wildman–Crippen MR) is 120 cm³/mol. The number of hydrogen-bond acceptors (Lipinski definition) is 4. The maximum atomic E-state index is 13.3. The van der Waals surface area contributed by atoms with Gasteiger partial charge in [-0.15, -0.1) is 11.3 Å². The van der Waals surface area contributed by atoms with E-state index in [2.05, 4.69) is 5.32 Å². The minimum Gasteiger partial charge on any atom is -0.491 e. The molecule has 2 atom stereocenters. The lowest BCUT2D eigenvalue weighted by Gasteiger charge is -2.38. The molecule has 0 saturated carbocycles. The molecule has 3 rings (SSSR count). The molecule has 0 bridgehead atoms. The number of ether oxygens (including phenoxy) is 1. The van der Waals surface area contributed by atoms with Crippen molar-refractivity contribution >= 4 is 23.3 Å². The Kier molecular flexibility index (Phi) is 7.90. The predicted octanol–water partition coefficient (Wildman–Crippen LogP) is 4.22. The Labute approximate surface area is 187 Å². The van der Waals surface area contributed by atoms with Crippen molar-refractivity contribution in [2.24, 2.45) is 0 Å². The number of rotatable bonds is 8. The van der Waals surface area contributed by atoms with Crippen molar-refractivity contribution in [1.82, 2.24) is 15.1 Å². The summed E-state index contributed by atoms with van der Waals surface area (Å²) in [5.41, 5.74) is 1.08. The van der Waals surface area contributed by atoms with Crippen LogP contribution in [0.2, 0.25) is 0 Å². The Balaban J connectivity index is 1.77.